The predicted octanol–water partition coefficient (Wildman–Crippen LogP) is 1.90. The lowest BCUT2D eigenvalue weighted by Crippen LogP contribution is -2.48. The van der Waals surface area contributed by atoms with Gasteiger partial charge < -0.3 is 14.5 Å². The van der Waals surface area contributed by atoms with E-state index >= 15 is 0 Å². The molecule has 0 unspecified atom stereocenters. The molecule has 1 aromatic carbocycles. The van der Waals surface area contributed by atoms with Gasteiger partial charge in [-0.2, -0.15) is 0 Å². The lowest BCUT2D eigenvalue weighted by Gasteiger charge is -2.31. The van der Waals surface area contributed by atoms with E-state index < -0.39 is 6.04 Å². The number of anilines is 1. The Morgan fingerprint density at radius 1 is 1.22 bits per heavy atom. The molecule has 1 aromatic heterocycles. The third-order valence-electron chi connectivity index (χ3n) is 5.44. The number of hydrogen-bond donors (Lipinski definition) is 0. The van der Waals surface area contributed by atoms with Crippen LogP contribution in [0.5, 0.6) is 5.75 Å². The highest BCUT2D eigenvalue weighted by molar-refractivity contribution is 6.03. The van der Waals surface area contributed by atoms with E-state index in [4.69, 9.17) is 4.74 Å². The van der Waals surface area contributed by atoms with Crippen LogP contribution in [-0.2, 0) is 4.79 Å². The Kier molecular flexibility index (Phi) is 3.81. The van der Waals surface area contributed by atoms with Crippen molar-refractivity contribution in [2.75, 3.05) is 18.0 Å². The molecule has 1 aliphatic carbocycles. The Bertz CT molecular complexity index is 884. The Labute approximate surface area is 157 Å². The zero-order valence-corrected chi connectivity index (χ0v) is 14.8. The molecular weight excluding hydrogens is 344 g/mol. The largest absolute Gasteiger partial charge is 0.486 e. The van der Waals surface area contributed by atoms with Gasteiger partial charge in [0.25, 0.3) is 5.91 Å². The first-order valence-electron chi connectivity index (χ1n) is 9.35. The number of amides is 2. The van der Waals surface area contributed by atoms with E-state index in [9.17, 15) is 9.59 Å². The summed E-state index contributed by atoms with van der Waals surface area (Å²) in [6, 6.07) is 7.12. The number of fused-ring (bicyclic) bond motifs is 3. The molecular formula is C20H20N4O3. The molecule has 1 saturated carbocycles. The van der Waals surface area contributed by atoms with Crippen LogP contribution in [0.2, 0.25) is 0 Å². The van der Waals surface area contributed by atoms with Gasteiger partial charge in [0.1, 0.15) is 23.6 Å². The van der Waals surface area contributed by atoms with Gasteiger partial charge in [-0.15, -0.1) is 0 Å². The summed E-state index contributed by atoms with van der Waals surface area (Å²) in [6.45, 7) is 1.05. The van der Waals surface area contributed by atoms with Crippen LogP contribution in [0.25, 0.3) is 0 Å². The Morgan fingerprint density at radius 3 is 2.85 bits per heavy atom. The zero-order chi connectivity index (χ0) is 18.4. The second kappa shape index (κ2) is 6.33. The second-order valence-electron chi connectivity index (χ2n) is 7.40. The van der Waals surface area contributed by atoms with Gasteiger partial charge in [-0.25, -0.2) is 4.98 Å². The molecule has 2 aliphatic heterocycles. The summed E-state index contributed by atoms with van der Waals surface area (Å²) < 4.78 is 6.20. The van der Waals surface area contributed by atoms with Crippen molar-refractivity contribution in [1.29, 1.82) is 0 Å². The first-order chi connectivity index (χ1) is 13.2. The first-order valence-corrected chi connectivity index (χ1v) is 9.35. The predicted molar refractivity (Wildman–Crippen MR) is 97.4 cm³/mol. The molecule has 1 saturated heterocycles. The van der Waals surface area contributed by atoms with Crippen molar-refractivity contribution in [3.8, 4) is 5.75 Å². The number of para-hydroxylation sites is 2. The van der Waals surface area contributed by atoms with Crippen molar-refractivity contribution in [2.24, 2.45) is 5.92 Å². The average Bonchev–Trinajstić information content (AvgIpc) is 3.42. The van der Waals surface area contributed by atoms with Crippen molar-refractivity contribution in [3.63, 3.8) is 0 Å². The number of aromatic nitrogens is 2. The maximum absolute atomic E-state index is 13.5. The van der Waals surface area contributed by atoms with Gasteiger partial charge in [-0.3, -0.25) is 14.6 Å². The summed E-state index contributed by atoms with van der Waals surface area (Å²) in [5, 5.41) is 0. The van der Waals surface area contributed by atoms with Crippen LogP contribution in [0.15, 0.2) is 42.9 Å². The van der Waals surface area contributed by atoms with E-state index in [1.807, 2.05) is 29.2 Å². The van der Waals surface area contributed by atoms with Gasteiger partial charge in [0.15, 0.2) is 0 Å². The van der Waals surface area contributed by atoms with Gasteiger partial charge in [0, 0.05) is 25.4 Å². The molecule has 0 radical (unpaired) electrons. The topological polar surface area (TPSA) is 75.6 Å². The molecule has 2 atom stereocenters. The van der Waals surface area contributed by atoms with Crippen LogP contribution in [0.4, 0.5) is 5.69 Å². The maximum Gasteiger partial charge on any atom is 0.274 e. The molecule has 2 bridgehead atoms. The number of rotatable bonds is 3. The molecule has 3 aliphatic rings. The van der Waals surface area contributed by atoms with Crippen LogP contribution in [0.1, 0.15) is 29.8 Å². The van der Waals surface area contributed by atoms with Gasteiger partial charge >= 0.3 is 0 Å². The third-order valence-corrected chi connectivity index (χ3v) is 5.44. The SMILES string of the molecule is O=C1[C@@H]2C[C@@H](CN2C(=O)c2cnccn2)Oc2ccccc2N1CC1CC1. The number of benzene rings is 1. The molecule has 138 valence electrons. The highest BCUT2D eigenvalue weighted by atomic mass is 16.5. The summed E-state index contributed by atoms with van der Waals surface area (Å²) in [5.41, 5.74) is 1.05. The molecule has 0 spiro atoms. The van der Waals surface area contributed by atoms with Gasteiger partial charge in [0.2, 0.25) is 5.91 Å². The van der Waals surface area contributed by atoms with Crippen LogP contribution in [0.3, 0.4) is 0 Å². The van der Waals surface area contributed by atoms with Gasteiger partial charge in [-0.1, -0.05) is 12.1 Å². The molecule has 2 fully saturated rings. The van der Waals surface area contributed by atoms with E-state index in [-0.39, 0.29) is 23.6 Å². The van der Waals surface area contributed by atoms with Crippen molar-refractivity contribution >= 4 is 17.5 Å². The number of hydrogen-bond acceptors (Lipinski definition) is 5. The molecule has 3 heterocycles. The highest BCUT2D eigenvalue weighted by Crippen LogP contribution is 2.39. The van der Waals surface area contributed by atoms with E-state index in [1.165, 1.54) is 18.6 Å². The standard InChI is InChI=1S/C20H20N4O3/c25-19(15-10-21-7-8-22-15)24-12-14-9-17(24)20(26)23(11-13-5-6-13)16-3-1-2-4-18(16)27-14/h1-4,7-8,10,13-14,17H,5-6,9,11-12H2/t14-,17-/m0/s1. The molecule has 27 heavy (non-hydrogen) atoms. The smallest absolute Gasteiger partial charge is 0.274 e. The fourth-order valence-corrected chi connectivity index (χ4v) is 3.90. The second-order valence-corrected chi connectivity index (χ2v) is 7.40. The zero-order valence-electron chi connectivity index (χ0n) is 14.8. The van der Waals surface area contributed by atoms with Gasteiger partial charge in [0.05, 0.1) is 18.4 Å². The molecule has 2 amide bonds. The third kappa shape index (κ3) is 2.93. The number of nitrogens with zero attached hydrogens (tertiary/aromatic N) is 4. The summed E-state index contributed by atoms with van der Waals surface area (Å²) in [6.07, 6.45) is 7.03. The van der Waals surface area contributed by atoms with Gasteiger partial charge in [-0.05, 0) is 30.9 Å². The average molecular weight is 364 g/mol. The van der Waals surface area contributed by atoms with E-state index in [2.05, 4.69) is 9.97 Å². The lowest BCUT2D eigenvalue weighted by molar-refractivity contribution is -0.122. The Balaban J connectivity index is 1.51. The maximum atomic E-state index is 13.5. The summed E-state index contributed by atoms with van der Waals surface area (Å²) in [4.78, 5) is 37.9. The molecule has 7 nitrogen and oxygen atoms in total. The first kappa shape index (κ1) is 16.2. The van der Waals surface area contributed by atoms with Crippen molar-refractivity contribution in [1.82, 2.24) is 14.9 Å². The lowest BCUT2D eigenvalue weighted by atomic mass is 10.1. The van der Waals surface area contributed by atoms with Crippen molar-refractivity contribution in [2.45, 2.75) is 31.4 Å². The Hall–Kier alpha value is -2.96. The highest BCUT2D eigenvalue weighted by Gasteiger charge is 2.46. The van der Waals surface area contributed by atoms with Crippen molar-refractivity contribution < 1.29 is 14.3 Å². The van der Waals surface area contributed by atoms with Crippen LogP contribution < -0.4 is 9.64 Å². The fraction of sp³-hybridized carbons (Fsp3) is 0.400. The number of carbonyl (C=O) groups excluding carboxylic acids is 2. The minimum atomic E-state index is -0.531. The minimum absolute atomic E-state index is 0.0302. The van der Waals surface area contributed by atoms with E-state index in [0.29, 0.717) is 31.2 Å². The number of carbonyl (C=O) groups is 2. The monoisotopic (exact) mass is 364 g/mol. The Morgan fingerprint density at radius 2 is 2.07 bits per heavy atom. The molecule has 0 N–H and O–H groups in total. The normalized spacial score (nSPS) is 24.1. The summed E-state index contributed by atoms with van der Waals surface area (Å²) in [5.74, 6) is 0.939. The summed E-state index contributed by atoms with van der Waals surface area (Å²) in [7, 11) is 0. The quantitative estimate of drug-likeness (QED) is 0.831. The van der Waals surface area contributed by atoms with Crippen LogP contribution in [0, 0.1) is 5.92 Å². The fourth-order valence-electron chi connectivity index (χ4n) is 3.90. The molecule has 5 rings (SSSR count). The van der Waals surface area contributed by atoms with Crippen molar-refractivity contribution in [3.05, 3.63) is 48.5 Å². The van der Waals surface area contributed by atoms with Crippen LogP contribution in [-0.4, -0.2) is 51.9 Å². The van der Waals surface area contributed by atoms with E-state index in [1.54, 1.807) is 4.90 Å². The number of likely N-dealkylation sites (tertiary alicyclic amines) is 1. The molecule has 7 heteroatoms. The summed E-state index contributed by atoms with van der Waals surface area (Å²) >= 11 is 0. The van der Waals surface area contributed by atoms with E-state index in [0.717, 1.165) is 18.5 Å². The number of ether oxygens (including phenoxy) is 1. The molecule has 2 aromatic rings. The minimum Gasteiger partial charge on any atom is -0.486 e. The van der Waals surface area contributed by atoms with Crippen LogP contribution >= 0.6 is 0 Å².